The van der Waals surface area contributed by atoms with Crippen molar-refractivity contribution in [3.05, 3.63) is 81.0 Å². The second-order valence-electron chi connectivity index (χ2n) is 5.76. The van der Waals surface area contributed by atoms with Gasteiger partial charge in [0, 0.05) is 11.4 Å². The molecule has 0 saturated carbocycles. The van der Waals surface area contributed by atoms with Gasteiger partial charge in [-0.05, 0) is 30.2 Å². The van der Waals surface area contributed by atoms with E-state index in [2.05, 4.69) is 5.10 Å². The van der Waals surface area contributed by atoms with E-state index in [1.165, 1.54) is 4.68 Å². The quantitative estimate of drug-likeness (QED) is 0.722. The van der Waals surface area contributed by atoms with E-state index in [4.69, 9.17) is 16.9 Å². The van der Waals surface area contributed by atoms with Crippen LogP contribution in [0.25, 0.3) is 5.69 Å². The van der Waals surface area contributed by atoms with Gasteiger partial charge in [0.2, 0.25) is 0 Å². The number of rotatable bonds is 2. The first-order valence-electron chi connectivity index (χ1n) is 7.64. The summed E-state index contributed by atoms with van der Waals surface area (Å²) in [6.07, 6.45) is 1.61. The molecular formula is C18H13ClN4O. The summed E-state index contributed by atoms with van der Waals surface area (Å²) in [5.41, 5.74) is 1.80. The summed E-state index contributed by atoms with van der Waals surface area (Å²) in [4.78, 5) is 12.9. The number of hydrogen-bond acceptors (Lipinski definition) is 3. The topological polar surface area (TPSA) is 63.6 Å². The maximum absolute atomic E-state index is 12.9. The SMILES string of the molecule is N#Cc1cc(Cl)cc(-n2nc3n(c2=O)[C@H](c2ccccc2)CC3)c1. The molecule has 2 aromatic carbocycles. The fraction of sp³-hybridized carbons (Fsp3) is 0.167. The average molecular weight is 337 g/mol. The molecule has 24 heavy (non-hydrogen) atoms. The second-order valence-corrected chi connectivity index (χ2v) is 6.19. The van der Waals surface area contributed by atoms with Gasteiger partial charge < -0.3 is 0 Å². The number of aromatic nitrogens is 3. The number of benzene rings is 2. The van der Waals surface area contributed by atoms with E-state index in [-0.39, 0.29) is 11.7 Å². The van der Waals surface area contributed by atoms with Crippen molar-refractivity contribution in [1.29, 1.82) is 5.26 Å². The highest BCUT2D eigenvalue weighted by Crippen LogP contribution is 2.29. The van der Waals surface area contributed by atoms with Gasteiger partial charge >= 0.3 is 5.69 Å². The molecule has 1 aromatic heterocycles. The first-order chi connectivity index (χ1) is 11.7. The van der Waals surface area contributed by atoms with Crippen LogP contribution in [0.1, 0.15) is 29.4 Å². The van der Waals surface area contributed by atoms with E-state index in [9.17, 15) is 4.79 Å². The van der Waals surface area contributed by atoms with E-state index in [1.54, 1.807) is 22.8 Å². The second kappa shape index (κ2) is 5.66. The van der Waals surface area contributed by atoms with Crippen LogP contribution < -0.4 is 5.69 Å². The monoisotopic (exact) mass is 336 g/mol. The van der Waals surface area contributed by atoms with Crippen molar-refractivity contribution < 1.29 is 0 Å². The third-order valence-electron chi connectivity index (χ3n) is 4.27. The number of hydrogen-bond donors (Lipinski definition) is 0. The Hall–Kier alpha value is -2.84. The number of fused-ring (bicyclic) bond motifs is 1. The largest absolute Gasteiger partial charge is 0.351 e. The first-order valence-corrected chi connectivity index (χ1v) is 8.01. The van der Waals surface area contributed by atoms with Gasteiger partial charge in [-0.25, -0.2) is 4.79 Å². The van der Waals surface area contributed by atoms with Crippen LogP contribution in [0.5, 0.6) is 0 Å². The highest BCUT2D eigenvalue weighted by Gasteiger charge is 2.29. The highest BCUT2D eigenvalue weighted by atomic mass is 35.5. The fourth-order valence-electron chi connectivity index (χ4n) is 3.22. The van der Waals surface area contributed by atoms with Crippen LogP contribution in [0.3, 0.4) is 0 Å². The van der Waals surface area contributed by atoms with Gasteiger partial charge in [-0.1, -0.05) is 41.9 Å². The molecule has 5 nitrogen and oxygen atoms in total. The normalized spacial score (nSPS) is 15.9. The molecule has 0 amide bonds. The summed E-state index contributed by atoms with van der Waals surface area (Å²) in [5, 5.41) is 13.9. The van der Waals surface area contributed by atoms with Crippen molar-refractivity contribution in [1.82, 2.24) is 14.3 Å². The Balaban J connectivity index is 1.84. The van der Waals surface area contributed by atoms with Gasteiger partial charge in [0.05, 0.1) is 23.4 Å². The number of nitrogens with zero attached hydrogens (tertiary/aromatic N) is 4. The van der Waals surface area contributed by atoms with Crippen LogP contribution in [0.2, 0.25) is 5.02 Å². The Kier molecular flexibility index (Phi) is 3.47. The van der Waals surface area contributed by atoms with Gasteiger partial charge in [-0.15, -0.1) is 5.10 Å². The molecule has 0 aliphatic carbocycles. The number of nitriles is 1. The summed E-state index contributed by atoms with van der Waals surface area (Å²) in [6.45, 7) is 0. The third kappa shape index (κ3) is 2.32. The third-order valence-corrected chi connectivity index (χ3v) is 4.49. The summed E-state index contributed by atoms with van der Waals surface area (Å²) >= 11 is 6.05. The fourth-order valence-corrected chi connectivity index (χ4v) is 3.45. The van der Waals surface area contributed by atoms with Gasteiger partial charge in [-0.2, -0.15) is 9.94 Å². The van der Waals surface area contributed by atoms with Crippen molar-refractivity contribution in [2.24, 2.45) is 0 Å². The number of aryl methyl sites for hydroxylation is 1. The van der Waals surface area contributed by atoms with Crippen LogP contribution in [0.4, 0.5) is 0 Å². The molecule has 1 aliphatic rings. The predicted molar refractivity (Wildman–Crippen MR) is 90.5 cm³/mol. The number of halogens is 1. The van der Waals surface area contributed by atoms with Crippen molar-refractivity contribution in [2.45, 2.75) is 18.9 Å². The molecule has 0 saturated heterocycles. The standard InChI is InChI=1S/C18H13ClN4O/c19-14-8-12(11-20)9-15(10-14)23-18(24)22-16(6-7-17(22)21-23)13-4-2-1-3-5-13/h1-5,8-10,16H,6-7H2/t16-/m0/s1. The Labute approximate surface area is 143 Å². The molecule has 0 N–H and O–H groups in total. The maximum Gasteiger partial charge on any atom is 0.351 e. The predicted octanol–water partition coefficient (Wildman–Crippen LogP) is 3.09. The van der Waals surface area contributed by atoms with Crippen molar-refractivity contribution >= 4 is 11.6 Å². The summed E-state index contributed by atoms with van der Waals surface area (Å²) in [5.74, 6) is 0.757. The molecule has 2 heterocycles. The first kappa shape index (κ1) is 14.7. The lowest BCUT2D eigenvalue weighted by Crippen LogP contribution is -2.26. The molecular weight excluding hydrogens is 324 g/mol. The lowest BCUT2D eigenvalue weighted by Gasteiger charge is -2.12. The van der Waals surface area contributed by atoms with E-state index >= 15 is 0 Å². The molecule has 1 atom stereocenters. The van der Waals surface area contributed by atoms with E-state index in [0.29, 0.717) is 16.3 Å². The van der Waals surface area contributed by atoms with E-state index < -0.39 is 0 Å². The highest BCUT2D eigenvalue weighted by molar-refractivity contribution is 6.30. The molecule has 0 bridgehead atoms. The minimum atomic E-state index is -0.206. The van der Waals surface area contributed by atoms with Crippen LogP contribution >= 0.6 is 11.6 Å². The summed E-state index contributed by atoms with van der Waals surface area (Å²) < 4.78 is 3.07. The Bertz CT molecular complexity index is 1010. The van der Waals surface area contributed by atoms with Crippen molar-refractivity contribution in [3.63, 3.8) is 0 Å². The molecule has 0 spiro atoms. The smallest absolute Gasteiger partial charge is 0.271 e. The van der Waals surface area contributed by atoms with Gasteiger partial charge in [0.15, 0.2) is 0 Å². The zero-order valence-electron chi connectivity index (χ0n) is 12.7. The van der Waals surface area contributed by atoms with Crippen LogP contribution in [0, 0.1) is 11.3 Å². The zero-order valence-corrected chi connectivity index (χ0v) is 13.4. The molecule has 1 aliphatic heterocycles. The lowest BCUT2D eigenvalue weighted by atomic mass is 10.1. The molecule has 0 fully saturated rings. The molecule has 0 unspecified atom stereocenters. The Morgan fingerprint density at radius 3 is 2.75 bits per heavy atom. The van der Waals surface area contributed by atoms with Gasteiger partial charge in [-0.3, -0.25) is 4.57 Å². The van der Waals surface area contributed by atoms with Gasteiger partial charge in [0.1, 0.15) is 5.82 Å². The summed E-state index contributed by atoms with van der Waals surface area (Å²) in [6, 6.07) is 16.8. The average Bonchev–Trinajstić information content (AvgIpc) is 3.16. The minimum absolute atomic E-state index is 0.00271. The lowest BCUT2D eigenvalue weighted by molar-refractivity contribution is 0.588. The van der Waals surface area contributed by atoms with Crippen LogP contribution in [-0.2, 0) is 6.42 Å². The molecule has 3 aromatic rings. The van der Waals surface area contributed by atoms with Gasteiger partial charge in [0.25, 0.3) is 0 Å². The van der Waals surface area contributed by atoms with Crippen molar-refractivity contribution in [3.8, 4) is 11.8 Å². The maximum atomic E-state index is 12.9. The summed E-state index contributed by atoms with van der Waals surface area (Å²) in [7, 11) is 0. The molecule has 6 heteroatoms. The Morgan fingerprint density at radius 1 is 1.21 bits per heavy atom. The zero-order chi connectivity index (χ0) is 16.7. The van der Waals surface area contributed by atoms with E-state index in [1.807, 2.05) is 36.4 Å². The van der Waals surface area contributed by atoms with Crippen LogP contribution in [0.15, 0.2) is 53.3 Å². The van der Waals surface area contributed by atoms with E-state index in [0.717, 1.165) is 24.2 Å². The van der Waals surface area contributed by atoms with Crippen LogP contribution in [-0.4, -0.2) is 14.3 Å². The minimum Gasteiger partial charge on any atom is -0.271 e. The van der Waals surface area contributed by atoms with Crippen molar-refractivity contribution in [2.75, 3.05) is 0 Å². The Morgan fingerprint density at radius 2 is 2.00 bits per heavy atom. The molecule has 0 radical (unpaired) electrons. The molecule has 118 valence electrons. The molecule has 4 rings (SSSR count).